The van der Waals surface area contributed by atoms with Gasteiger partial charge in [0.25, 0.3) is 5.91 Å². The standard InChI is InChI=1S/C15H15NO3/c1-12-7-8-14(19-12)9-10-15(17)16-18-11-13-5-3-2-4-6-13/h2-10H,11H2,1H3,(H,16,17)/b10-9+. The summed E-state index contributed by atoms with van der Waals surface area (Å²) in [5.74, 6) is 1.11. The largest absolute Gasteiger partial charge is 0.462 e. The first-order valence-corrected chi connectivity index (χ1v) is 5.94. The molecule has 0 aliphatic heterocycles. The maximum absolute atomic E-state index is 11.4. The van der Waals surface area contributed by atoms with Gasteiger partial charge in [0.15, 0.2) is 0 Å². The molecule has 1 N–H and O–H groups in total. The molecule has 0 unspecified atom stereocenters. The molecule has 0 atom stereocenters. The molecule has 1 amide bonds. The fraction of sp³-hybridized carbons (Fsp3) is 0.133. The summed E-state index contributed by atoms with van der Waals surface area (Å²) < 4.78 is 5.30. The van der Waals surface area contributed by atoms with E-state index in [2.05, 4.69) is 5.48 Å². The van der Waals surface area contributed by atoms with E-state index in [1.165, 1.54) is 6.08 Å². The van der Waals surface area contributed by atoms with E-state index in [1.807, 2.05) is 43.3 Å². The Morgan fingerprint density at radius 3 is 2.74 bits per heavy atom. The van der Waals surface area contributed by atoms with Crippen LogP contribution in [0.25, 0.3) is 6.08 Å². The number of hydrogen-bond donors (Lipinski definition) is 1. The van der Waals surface area contributed by atoms with Gasteiger partial charge < -0.3 is 4.42 Å². The third-order valence-electron chi connectivity index (χ3n) is 2.41. The van der Waals surface area contributed by atoms with Crippen molar-refractivity contribution in [3.05, 3.63) is 65.6 Å². The maximum Gasteiger partial charge on any atom is 0.267 e. The molecule has 0 saturated heterocycles. The number of hydroxylamine groups is 1. The van der Waals surface area contributed by atoms with Gasteiger partial charge in [-0.05, 0) is 30.7 Å². The number of benzene rings is 1. The molecule has 0 aliphatic carbocycles. The van der Waals surface area contributed by atoms with Gasteiger partial charge in [-0.1, -0.05) is 30.3 Å². The number of aryl methyl sites for hydroxylation is 1. The van der Waals surface area contributed by atoms with E-state index < -0.39 is 0 Å². The lowest BCUT2D eigenvalue weighted by atomic mass is 10.2. The van der Waals surface area contributed by atoms with Crippen molar-refractivity contribution < 1.29 is 14.0 Å². The Balaban J connectivity index is 1.74. The van der Waals surface area contributed by atoms with E-state index in [0.29, 0.717) is 12.4 Å². The van der Waals surface area contributed by atoms with Crippen molar-refractivity contribution in [1.82, 2.24) is 5.48 Å². The van der Waals surface area contributed by atoms with E-state index in [4.69, 9.17) is 9.25 Å². The highest BCUT2D eigenvalue weighted by atomic mass is 16.6. The lowest BCUT2D eigenvalue weighted by Gasteiger charge is -2.03. The molecule has 4 heteroatoms. The number of rotatable bonds is 5. The van der Waals surface area contributed by atoms with Gasteiger partial charge in [0.05, 0.1) is 6.61 Å². The number of hydrogen-bond acceptors (Lipinski definition) is 3. The zero-order valence-electron chi connectivity index (χ0n) is 10.6. The van der Waals surface area contributed by atoms with Crippen LogP contribution in [0.3, 0.4) is 0 Å². The summed E-state index contributed by atoms with van der Waals surface area (Å²) >= 11 is 0. The Kier molecular flexibility index (Phi) is 4.53. The van der Waals surface area contributed by atoms with Crippen LogP contribution in [0.4, 0.5) is 0 Å². The number of furan rings is 1. The Labute approximate surface area is 111 Å². The lowest BCUT2D eigenvalue weighted by Crippen LogP contribution is -2.21. The number of nitrogens with one attached hydrogen (secondary N) is 1. The predicted octanol–water partition coefficient (Wildman–Crippen LogP) is 2.85. The Morgan fingerprint density at radius 1 is 1.26 bits per heavy atom. The van der Waals surface area contributed by atoms with Crippen molar-refractivity contribution in [2.45, 2.75) is 13.5 Å². The molecule has 1 aromatic heterocycles. The third kappa shape index (κ3) is 4.44. The minimum atomic E-state index is -0.329. The van der Waals surface area contributed by atoms with Gasteiger partial charge in [0.2, 0.25) is 0 Å². The summed E-state index contributed by atoms with van der Waals surface area (Å²) in [7, 11) is 0. The van der Waals surface area contributed by atoms with Crippen molar-refractivity contribution in [2.75, 3.05) is 0 Å². The first-order chi connectivity index (χ1) is 9.24. The van der Waals surface area contributed by atoms with E-state index >= 15 is 0 Å². The van der Waals surface area contributed by atoms with Gasteiger partial charge in [-0.25, -0.2) is 5.48 Å². The zero-order chi connectivity index (χ0) is 13.5. The summed E-state index contributed by atoms with van der Waals surface area (Å²) in [6, 6.07) is 13.2. The first-order valence-electron chi connectivity index (χ1n) is 5.94. The average Bonchev–Trinajstić information content (AvgIpc) is 2.83. The number of carbonyl (C=O) groups excluding carboxylic acids is 1. The number of amides is 1. The summed E-state index contributed by atoms with van der Waals surface area (Å²) in [5.41, 5.74) is 3.33. The van der Waals surface area contributed by atoms with E-state index in [-0.39, 0.29) is 5.91 Å². The molecular weight excluding hydrogens is 242 g/mol. The van der Waals surface area contributed by atoms with Crippen LogP contribution in [0.1, 0.15) is 17.1 Å². The molecule has 0 saturated carbocycles. The van der Waals surface area contributed by atoms with Gasteiger partial charge in [-0.3, -0.25) is 9.63 Å². The molecule has 2 rings (SSSR count). The highest BCUT2D eigenvalue weighted by molar-refractivity contribution is 5.90. The first kappa shape index (κ1) is 13.1. The zero-order valence-corrected chi connectivity index (χ0v) is 10.6. The van der Waals surface area contributed by atoms with Crippen LogP contribution in [0.2, 0.25) is 0 Å². The molecule has 1 heterocycles. The molecule has 0 spiro atoms. The van der Waals surface area contributed by atoms with Crippen LogP contribution in [0.15, 0.2) is 53.0 Å². The van der Waals surface area contributed by atoms with Crippen LogP contribution in [0, 0.1) is 6.92 Å². The lowest BCUT2D eigenvalue weighted by molar-refractivity contribution is -0.129. The fourth-order valence-corrected chi connectivity index (χ4v) is 1.50. The molecule has 19 heavy (non-hydrogen) atoms. The van der Waals surface area contributed by atoms with Crippen LogP contribution in [-0.4, -0.2) is 5.91 Å². The normalized spacial score (nSPS) is 10.8. The van der Waals surface area contributed by atoms with Crippen LogP contribution in [-0.2, 0) is 16.2 Å². The summed E-state index contributed by atoms with van der Waals surface area (Å²) in [6.45, 7) is 2.18. The predicted molar refractivity (Wildman–Crippen MR) is 71.9 cm³/mol. The Hall–Kier alpha value is -2.33. The number of carbonyl (C=O) groups is 1. The van der Waals surface area contributed by atoms with Crippen molar-refractivity contribution in [1.29, 1.82) is 0 Å². The smallest absolute Gasteiger partial charge is 0.267 e. The van der Waals surface area contributed by atoms with E-state index in [0.717, 1.165) is 11.3 Å². The highest BCUT2D eigenvalue weighted by Gasteiger charge is 1.98. The molecule has 0 bridgehead atoms. The van der Waals surface area contributed by atoms with Gasteiger partial charge >= 0.3 is 0 Å². The Morgan fingerprint density at radius 2 is 2.05 bits per heavy atom. The van der Waals surface area contributed by atoms with Crippen LogP contribution in [0.5, 0.6) is 0 Å². The van der Waals surface area contributed by atoms with Crippen LogP contribution < -0.4 is 5.48 Å². The van der Waals surface area contributed by atoms with Gasteiger partial charge in [-0.15, -0.1) is 0 Å². The second kappa shape index (κ2) is 6.56. The summed E-state index contributed by atoms with van der Waals surface area (Å²) in [6.07, 6.45) is 2.96. The molecule has 98 valence electrons. The van der Waals surface area contributed by atoms with Gasteiger partial charge in [0, 0.05) is 6.08 Å². The maximum atomic E-state index is 11.4. The molecule has 2 aromatic rings. The summed E-state index contributed by atoms with van der Waals surface area (Å²) in [4.78, 5) is 16.5. The second-order valence-electron chi connectivity index (χ2n) is 4.02. The average molecular weight is 257 g/mol. The molecule has 0 fully saturated rings. The van der Waals surface area contributed by atoms with E-state index in [9.17, 15) is 4.79 Å². The summed E-state index contributed by atoms with van der Waals surface area (Å²) in [5, 5.41) is 0. The SMILES string of the molecule is Cc1ccc(/C=C/C(=O)NOCc2ccccc2)o1. The molecule has 4 nitrogen and oxygen atoms in total. The molecule has 1 aromatic carbocycles. The second-order valence-corrected chi connectivity index (χ2v) is 4.02. The minimum Gasteiger partial charge on any atom is -0.462 e. The fourth-order valence-electron chi connectivity index (χ4n) is 1.50. The van der Waals surface area contributed by atoms with Crippen molar-refractivity contribution >= 4 is 12.0 Å². The van der Waals surface area contributed by atoms with Crippen molar-refractivity contribution in [3.8, 4) is 0 Å². The quantitative estimate of drug-likeness (QED) is 0.662. The molecular formula is C15H15NO3. The van der Waals surface area contributed by atoms with Crippen molar-refractivity contribution in [2.24, 2.45) is 0 Å². The van der Waals surface area contributed by atoms with Crippen molar-refractivity contribution in [3.63, 3.8) is 0 Å². The molecule has 0 aliphatic rings. The monoisotopic (exact) mass is 257 g/mol. The topological polar surface area (TPSA) is 51.5 Å². The van der Waals surface area contributed by atoms with Gasteiger partial charge in [-0.2, -0.15) is 0 Å². The third-order valence-corrected chi connectivity index (χ3v) is 2.41. The van der Waals surface area contributed by atoms with Gasteiger partial charge in [0.1, 0.15) is 11.5 Å². The molecule has 0 radical (unpaired) electrons. The minimum absolute atomic E-state index is 0.329. The Bertz CT molecular complexity index is 558. The van der Waals surface area contributed by atoms with Crippen LogP contribution >= 0.6 is 0 Å². The highest BCUT2D eigenvalue weighted by Crippen LogP contribution is 2.07. The van der Waals surface area contributed by atoms with E-state index in [1.54, 1.807) is 12.1 Å².